The molecule has 1 unspecified atom stereocenters. The van der Waals surface area contributed by atoms with Gasteiger partial charge in [-0.3, -0.25) is 0 Å². The molecule has 0 aliphatic rings. The van der Waals surface area contributed by atoms with Crippen molar-refractivity contribution in [3.8, 4) is 5.75 Å². The van der Waals surface area contributed by atoms with Gasteiger partial charge in [-0.1, -0.05) is 60.7 Å². The number of hydrogen-bond donors (Lipinski definition) is 1. The van der Waals surface area contributed by atoms with Gasteiger partial charge in [-0.15, -0.1) is 0 Å². The first kappa shape index (κ1) is 17.4. The van der Waals surface area contributed by atoms with Gasteiger partial charge in [0.15, 0.2) is 0 Å². The van der Waals surface area contributed by atoms with E-state index in [1.165, 1.54) is 10.9 Å². The molecule has 3 heteroatoms. The standard InChI is InChI=1S/C24H23NO2/c1-17-23(21-10-6-7-11-22(21)25-17)24(19-12-14-20(26-2)15-13-19)27-16-18-8-4-3-5-9-18/h3-15,24-25H,16H2,1-2H3. The topological polar surface area (TPSA) is 34.2 Å². The molecule has 0 spiro atoms. The molecule has 1 atom stereocenters. The van der Waals surface area contributed by atoms with Crippen LogP contribution in [0.3, 0.4) is 0 Å². The summed E-state index contributed by atoms with van der Waals surface area (Å²) < 4.78 is 11.8. The van der Waals surface area contributed by atoms with E-state index in [0.717, 1.165) is 28.1 Å². The minimum Gasteiger partial charge on any atom is -0.497 e. The molecule has 136 valence electrons. The van der Waals surface area contributed by atoms with Gasteiger partial charge in [0.05, 0.1) is 13.7 Å². The lowest BCUT2D eigenvalue weighted by atomic mass is 9.98. The quantitative estimate of drug-likeness (QED) is 0.474. The Balaban J connectivity index is 1.75. The van der Waals surface area contributed by atoms with Gasteiger partial charge < -0.3 is 14.5 Å². The number of methoxy groups -OCH3 is 1. The molecule has 0 radical (unpaired) electrons. The summed E-state index contributed by atoms with van der Waals surface area (Å²) in [5, 5.41) is 1.20. The summed E-state index contributed by atoms with van der Waals surface area (Å²) in [6.45, 7) is 2.66. The molecule has 3 aromatic carbocycles. The highest BCUT2D eigenvalue weighted by Gasteiger charge is 2.21. The van der Waals surface area contributed by atoms with Crippen LogP contribution in [0.2, 0.25) is 0 Å². The Morgan fingerprint density at radius 2 is 1.56 bits per heavy atom. The fourth-order valence-electron chi connectivity index (χ4n) is 3.51. The smallest absolute Gasteiger partial charge is 0.118 e. The Morgan fingerprint density at radius 1 is 0.852 bits per heavy atom. The van der Waals surface area contributed by atoms with Crippen LogP contribution in [0.25, 0.3) is 10.9 Å². The lowest BCUT2D eigenvalue weighted by molar-refractivity contribution is 0.0672. The summed E-state index contributed by atoms with van der Waals surface area (Å²) in [6, 6.07) is 26.8. The zero-order valence-electron chi connectivity index (χ0n) is 15.6. The fourth-order valence-corrected chi connectivity index (χ4v) is 3.51. The van der Waals surface area contributed by atoms with E-state index in [1.807, 2.05) is 30.3 Å². The van der Waals surface area contributed by atoms with Gasteiger partial charge in [0.2, 0.25) is 0 Å². The second kappa shape index (κ2) is 7.68. The van der Waals surface area contributed by atoms with Crippen molar-refractivity contribution in [2.24, 2.45) is 0 Å². The summed E-state index contributed by atoms with van der Waals surface area (Å²) in [5.74, 6) is 0.844. The predicted molar refractivity (Wildman–Crippen MR) is 109 cm³/mol. The zero-order chi connectivity index (χ0) is 18.6. The average Bonchev–Trinajstić information content (AvgIpc) is 3.05. The number of aromatic amines is 1. The van der Waals surface area contributed by atoms with Gasteiger partial charge in [-0.05, 0) is 36.2 Å². The Morgan fingerprint density at radius 3 is 2.30 bits per heavy atom. The van der Waals surface area contributed by atoms with Gasteiger partial charge in [-0.2, -0.15) is 0 Å². The van der Waals surface area contributed by atoms with Crippen molar-refractivity contribution in [2.75, 3.05) is 7.11 Å². The maximum absolute atomic E-state index is 6.46. The van der Waals surface area contributed by atoms with Crippen LogP contribution in [0, 0.1) is 6.92 Å². The first-order valence-electron chi connectivity index (χ1n) is 9.13. The minimum absolute atomic E-state index is 0.160. The first-order chi connectivity index (χ1) is 13.3. The average molecular weight is 357 g/mol. The number of benzene rings is 3. The van der Waals surface area contributed by atoms with Gasteiger partial charge in [-0.25, -0.2) is 0 Å². The molecule has 0 aliphatic carbocycles. The third-order valence-corrected chi connectivity index (χ3v) is 4.88. The van der Waals surface area contributed by atoms with Crippen molar-refractivity contribution in [3.63, 3.8) is 0 Å². The molecule has 27 heavy (non-hydrogen) atoms. The molecule has 0 saturated carbocycles. The summed E-state index contributed by atoms with van der Waals surface area (Å²) in [6.07, 6.45) is -0.160. The molecule has 0 bridgehead atoms. The van der Waals surface area contributed by atoms with Gasteiger partial charge in [0.25, 0.3) is 0 Å². The lowest BCUT2D eigenvalue weighted by Gasteiger charge is -2.20. The van der Waals surface area contributed by atoms with Gasteiger partial charge in [0, 0.05) is 22.2 Å². The van der Waals surface area contributed by atoms with Crippen LogP contribution in [-0.4, -0.2) is 12.1 Å². The van der Waals surface area contributed by atoms with Crippen LogP contribution in [0.15, 0.2) is 78.9 Å². The summed E-state index contributed by atoms with van der Waals surface area (Å²) in [4.78, 5) is 3.49. The monoisotopic (exact) mass is 357 g/mol. The summed E-state index contributed by atoms with van der Waals surface area (Å²) >= 11 is 0. The first-order valence-corrected chi connectivity index (χ1v) is 9.13. The van der Waals surface area contributed by atoms with Crippen LogP contribution in [-0.2, 0) is 11.3 Å². The van der Waals surface area contributed by atoms with E-state index in [0.29, 0.717) is 6.61 Å². The molecule has 1 heterocycles. The van der Waals surface area contributed by atoms with Crippen molar-refractivity contribution >= 4 is 10.9 Å². The second-order valence-electron chi connectivity index (χ2n) is 6.66. The van der Waals surface area contributed by atoms with Crippen molar-refractivity contribution in [1.29, 1.82) is 0 Å². The normalized spacial score (nSPS) is 12.2. The molecule has 3 nitrogen and oxygen atoms in total. The van der Waals surface area contributed by atoms with Crippen LogP contribution in [0.5, 0.6) is 5.75 Å². The molecule has 1 aromatic heterocycles. The van der Waals surface area contributed by atoms with Crippen molar-refractivity contribution < 1.29 is 9.47 Å². The molecule has 1 N–H and O–H groups in total. The number of rotatable bonds is 6. The maximum atomic E-state index is 6.46. The zero-order valence-corrected chi connectivity index (χ0v) is 15.6. The Bertz CT molecular complexity index is 1020. The molecular weight excluding hydrogens is 334 g/mol. The van der Waals surface area contributed by atoms with E-state index < -0.39 is 0 Å². The second-order valence-corrected chi connectivity index (χ2v) is 6.66. The number of nitrogens with one attached hydrogen (secondary N) is 1. The minimum atomic E-state index is -0.160. The van der Waals surface area contributed by atoms with Crippen molar-refractivity contribution in [1.82, 2.24) is 4.98 Å². The molecule has 0 aliphatic heterocycles. The van der Waals surface area contributed by atoms with Crippen LogP contribution < -0.4 is 4.74 Å². The summed E-state index contributed by atoms with van der Waals surface area (Å²) in [7, 11) is 1.68. The van der Waals surface area contributed by atoms with E-state index >= 15 is 0 Å². The molecule has 0 saturated heterocycles. The van der Waals surface area contributed by atoms with Crippen LogP contribution in [0.4, 0.5) is 0 Å². The highest BCUT2D eigenvalue weighted by Crippen LogP contribution is 2.35. The van der Waals surface area contributed by atoms with E-state index in [4.69, 9.17) is 9.47 Å². The highest BCUT2D eigenvalue weighted by atomic mass is 16.5. The largest absolute Gasteiger partial charge is 0.497 e. The Kier molecular flexibility index (Phi) is 4.95. The van der Waals surface area contributed by atoms with E-state index in [1.54, 1.807) is 7.11 Å². The molecular formula is C24H23NO2. The molecule has 4 aromatic rings. The van der Waals surface area contributed by atoms with Gasteiger partial charge in [0.1, 0.15) is 11.9 Å². The SMILES string of the molecule is COc1ccc(C(OCc2ccccc2)c2c(C)[nH]c3ccccc23)cc1. The number of fused-ring (bicyclic) bond motifs is 1. The van der Waals surface area contributed by atoms with Crippen molar-refractivity contribution in [3.05, 3.63) is 101 Å². The van der Waals surface area contributed by atoms with E-state index in [-0.39, 0.29) is 6.10 Å². The Hall–Kier alpha value is -3.04. The third-order valence-electron chi connectivity index (χ3n) is 4.88. The number of hydrogen-bond acceptors (Lipinski definition) is 2. The van der Waals surface area contributed by atoms with Crippen LogP contribution >= 0.6 is 0 Å². The number of H-pyrrole nitrogens is 1. The predicted octanol–water partition coefficient (Wildman–Crippen LogP) is 5.79. The fraction of sp³-hybridized carbons (Fsp3) is 0.167. The Labute approximate surface area is 159 Å². The van der Waals surface area contributed by atoms with Crippen LogP contribution in [0.1, 0.15) is 28.5 Å². The molecule has 4 rings (SSSR count). The molecule has 0 fully saturated rings. The van der Waals surface area contributed by atoms with E-state index in [2.05, 4.69) is 60.4 Å². The van der Waals surface area contributed by atoms with Crippen molar-refractivity contribution in [2.45, 2.75) is 19.6 Å². The number of ether oxygens (including phenoxy) is 2. The third kappa shape index (κ3) is 3.60. The maximum Gasteiger partial charge on any atom is 0.118 e. The van der Waals surface area contributed by atoms with E-state index in [9.17, 15) is 0 Å². The number of aryl methyl sites for hydroxylation is 1. The number of para-hydroxylation sites is 1. The highest BCUT2D eigenvalue weighted by molar-refractivity contribution is 5.85. The lowest BCUT2D eigenvalue weighted by Crippen LogP contribution is -2.07. The van der Waals surface area contributed by atoms with Gasteiger partial charge >= 0.3 is 0 Å². The summed E-state index contributed by atoms with van der Waals surface area (Å²) in [5.41, 5.74) is 5.72. The molecule has 0 amide bonds. The number of aromatic nitrogens is 1.